The molecule has 4 nitrogen and oxygen atoms in total. The van der Waals surface area contributed by atoms with Crippen molar-refractivity contribution in [2.75, 3.05) is 17.3 Å². The Balaban J connectivity index is 2.10. The van der Waals surface area contributed by atoms with E-state index in [9.17, 15) is 0 Å². The van der Waals surface area contributed by atoms with Crippen molar-refractivity contribution in [1.29, 1.82) is 0 Å². The van der Waals surface area contributed by atoms with Crippen LogP contribution in [-0.2, 0) is 6.54 Å². The lowest BCUT2D eigenvalue weighted by Gasteiger charge is -2.22. The molecule has 1 aromatic heterocycles. The van der Waals surface area contributed by atoms with Gasteiger partial charge in [-0.3, -0.25) is 0 Å². The molecular weight excluding hydrogens is 248 g/mol. The molecule has 0 spiro atoms. The van der Waals surface area contributed by atoms with Gasteiger partial charge in [-0.2, -0.15) is 4.98 Å². The number of nitrogens with one attached hydrogen (secondary N) is 1. The Labute approximate surface area is 120 Å². The molecule has 0 saturated heterocycles. The Morgan fingerprint density at radius 3 is 2.45 bits per heavy atom. The standard InChI is InChI=1S/C16H22N4/c1-16(2,3)19-15-17-11-10-14(18-15)20(4)12-13-8-6-5-7-9-13/h5-11H,12H2,1-4H3,(H,17,18,19). The monoisotopic (exact) mass is 270 g/mol. The smallest absolute Gasteiger partial charge is 0.225 e. The molecule has 0 unspecified atom stereocenters. The zero-order valence-electron chi connectivity index (χ0n) is 12.6. The summed E-state index contributed by atoms with van der Waals surface area (Å²) in [4.78, 5) is 10.9. The van der Waals surface area contributed by atoms with Crippen molar-refractivity contribution in [3.8, 4) is 0 Å². The van der Waals surface area contributed by atoms with Crippen LogP contribution in [0.4, 0.5) is 11.8 Å². The topological polar surface area (TPSA) is 41.1 Å². The van der Waals surface area contributed by atoms with E-state index in [0.29, 0.717) is 5.95 Å². The van der Waals surface area contributed by atoms with E-state index < -0.39 is 0 Å². The average molecular weight is 270 g/mol. The molecule has 4 heteroatoms. The van der Waals surface area contributed by atoms with Gasteiger partial charge in [-0.05, 0) is 32.4 Å². The van der Waals surface area contributed by atoms with Gasteiger partial charge in [-0.1, -0.05) is 30.3 Å². The lowest BCUT2D eigenvalue weighted by atomic mass is 10.1. The minimum atomic E-state index is -0.0450. The van der Waals surface area contributed by atoms with Crippen molar-refractivity contribution < 1.29 is 0 Å². The van der Waals surface area contributed by atoms with Crippen molar-refractivity contribution in [3.63, 3.8) is 0 Å². The van der Waals surface area contributed by atoms with E-state index in [1.54, 1.807) is 6.20 Å². The third kappa shape index (κ3) is 4.23. The number of aromatic nitrogens is 2. The summed E-state index contributed by atoms with van der Waals surface area (Å²) >= 11 is 0. The summed E-state index contributed by atoms with van der Waals surface area (Å²) in [7, 11) is 2.04. The molecule has 0 amide bonds. The van der Waals surface area contributed by atoms with Gasteiger partial charge >= 0.3 is 0 Å². The Kier molecular flexibility index (Phi) is 4.23. The van der Waals surface area contributed by atoms with Crippen molar-refractivity contribution in [3.05, 3.63) is 48.2 Å². The Morgan fingerprint density at radius 1 is 1.10 bits per heavy atom. The summed E-state index contributed by atoms with van der Waals surface area (Å²) in [5, 5.41) is 3.29. The summed E-state index contributed by atoms with van der Waals surface area (Å²) in [5.41, 5.74) is 1.22. The zero-order valence-corrected chi connectivity index (χ0v) is 12.6. The SMILES string of the molecule is CN(Cc1ccccc1)c1ccnc(NC(C)(C)C)n1. The maximum absolute atomic E-state index is 4.56. The number of hydrogen-bond acceptors (Lipinski definition) is 4. The molecule has 1 aromatic carbocycles. The molecule has 1 N–H and O–H groups in total. The lowest BCUT2D eigenvalue weighted by molar-refractivity contribution is 0.625. The Bertz CT molecular complexity index is 546. The first-order valence-electron chi connectivity index (χ1n) is 6.80. The Morgan fingerprint density at radius 2 is 1.80 bits per heavy atom. The lowest BCUT2D eigenvalue weighted by Crippen LogP contribution is -2.28. The van der Waals surface area contributed by atoms with E-state index >= 15 is 0 Å². The van der Waals surface area contributed by atoms with E-state index in [1.807, 2.05) is 19.2 Å². The largest absolute Gasteiger partial charge is 0.355 e. The minimum absolute atomic E-state index is 0.0450. The fourth-order valence-electron chi connectivity index (χ4n) is 1.90. The van der Waals surface area contributed by atoms with E-state index in [0.717, 1.165) is 12.4 Å². The van der Waals surface area contributed by atoms with Crippen molar-refractivity contribution in [2.45, 2.75) is 32.9 Å². The maximum atomic E-state index is 4.56. The summed E-state index contributed by atoms with van der Waals surface area (Å²) in [6.45, 7) is 7.11. The normalized spacial score (nSPS) is 11.2. The van der Waals surface area contributed by atoms with E-state index in [2.05, 4.69) is 65.2 Å². The second kappa shape index (κ2) is 5.90. The van der Waals surface area contributed by atoms with E-state index in [1.165, 1.54) is 5.56 Å². The van der Waals surface area contributed by atoms with Crippen LogP contribution in [0.25, 0.3) is 0 Å². The fourth-order valence-corrected chi connectivity index (χ4v) is 1.90. The van der Waals surface area contributed by atoms with Gasteiger partial charge in [-0.25, -0.2) is 4.98 Å². The number of rotatable bonds is 4. The molecule has 0 aliphatic heterocycles. The summed E-state index contributed by atoms with van der Waals surface area (Å²) < 4.78 is 0. The molecule has 106 valence electrons. The van der Waals surface area contributed by atoms with Crippen LogP contribution < -0.4 is 10.2 Å². The highest BCUT2D eigenvalue weighted by Gasteiger charge is 2.12. The van der Waals surface area contributed by atoms with Crippen LogP contribution >= 0.6 is 0 Å². The van der Waals surface area contributed by atoms with Gasteiger partial charge in [0, 0.05) is 25.3 Å². The average Bonchev–Trinajstić information content (AvgIpc) is 2.38. The highest BCUT2D eigenvalue weighted by atomic mass is 15.2. The van der Waals surface area contributed by atoms with Gasteiger partial charge < -0.3 is 10.2 Å². The van der Waals surface area contributed by atoms with Gasteiger partial charge in [0.05, 0.1) is 0 Å². The second-order valence-corrected chi connectivity index (χ2v) is 5.96. The van der Waals surface area contributed by atoms with Gasteiger partial charge in [0.1, 0.15) is 5.82 Å². The predicted octanol–water partition coefficient (Wildman–Crippen LogP) is 3.32. The minimum Gasteiger partial charge on any atom is -0.355 e. The molecule has 0 bridgehead atoms. The van der Waals surface area contributed by atoms with Crippen LogP contribution in [0.3, 0.4) is 0 Å². The van der Waals surface area contributed by atoms with Gasteiger partial charge in [-0.15, -0.1) is 0 Å². The molecule has 1 heterocycles. The van der Waals surface area contributed by atoms with Gasteiger partial charge in [0.15, 0.2) is 0 Å². The first-order valence-corrected chi connectivity index (χ1v) is 6.80. The van der Waals surface area contributed by atoms with Crippen LogP contribution in [0.15, 0.2) is 42.6 Å². The van der Waals surface area contributed by atoms with Crippen LogP contribution in [0.2, 0.25) is 0 Å². The first-order chi connectivity index (χ1) is 9.44. The second-order valence-electron chi connectivity index (χ2n) is 5.96. The molecule has 2 aromatic rings. The van der Waals surface area contributed by atoms with E-state index in [-0.39, 0.29) is 5.54 Å². The number of nitrogens with zero attached hydrogens (tertiary/aromatic N) is 3. The molecule has 0 aliphatic carbocycles. The van der Waals surface area contributed by atoms with Crippen LogP contribution in [0.5, 0.6) is 0 Å². The van der Waals surface area contributed by atoms with Crippen molar-refractivity contribution in [1.82, 2.24) is 9.97 Å². The summed E-state index contributed by atoms with van der Waals surface area (Å²) in [5.74, 6) is 1.57. The third-order valence-electron chi connectivity index (χ3n) is 2.78. The predicted molar refractivity (Wildman–Crippen MR) is 84.0 cm³/mol. The fraction of sp³-hybridized carbons (Fsp3) is 0.375. The first kappa shape index (κ1) is 14.3. The third-order valence-corrected chi connectivity index (χ3v) is 2.78. The van der Waals surface area contributed by atoms with Crippen molar-refractivity contribution in [2.24, 2.45) is 0 Å². The maximum Gasteiger partial charge on any atom is 0.225 e. The molecule has 0 saturated carbocycles. The number of anilines is 2. The molecule has 2 rings (SSSR count). The van der Waals surface area contributed by atoms with Gasteiger partial charge in [0.25, 0.3) is 0 Å². The highest BCUT2D eigenvalue weighted by molar-refractivity contribution is 5.43. The quantitative estimate of drug-likeness (QED) is 0.925. The zero-order chi connectivity index (χ0) is 14.6. The number of hydrogen-bond donors (Lipinski definition) is 1. The van der Waals surface area contributed by atoms with Crippen LogP contribution in [-0.4, -0.2) is 22.6 Å². The van der Waals surface area contributed by atoms with Gasteiger partial charge in [0.2, 0.25) is 5.95 Å². The molecule has 0 aliphatic rings. The highest BCUT2D eigenvalue weighted by Crippen LogP contribution is 2.16. The molecule has 0 atom stereocenters. The number of benzene rings is 1. The van der Waals surface area contributed by atoms with Crippen LogP contribution in [0, 0.1) is 0 Å². The van der Waals surface area contributed by atoms with E-state index in [4.69, 9.17) is 0 Å². The van der Waals surface area contributed by atoms with Crippen LogP contribution in [0.1, 0.15) is 26.3 Å². The Hall–Kier alpha value is -2.10. The molecule has 20 heavy (non-hydrogen) atoms. The molecular formula is C16H22N4. The summed E-state index contributed by atoms with van der Waals surface area (Å²) in [6, 6.07) is 12.3. The summed E-state index contributed by atoms with van der Waals surface area (Å²) in [6.07, 6.45) is 1.79. The molecule has 0 radical (unpaired) electrons. The van der Waals surface area contributed by atoms with Crippen molar-refractivity contribution >= 4 is 11.8 Å². The molecule has 0 fully saturated rings.